The standard InChI is InChI=1S/C12H9Cl3N2O/c13-9-2-1-8(10(14)11(9)15)12-6(5-18)3-7(16)4-17-12/h1-4,18H,5,16H2. The highest BCUT2D eigenvalue weighted by Crippen LogP contribution is 2.38. The summed E-state index contributed by atoms with van der Waals surface area (Å²) in [7, 11) is 0. The molecular formula is C12H9Cl3N2O. The van der Waals surface area contributed by atoms with E-state index in [-0.39, 0.29) is 11.6 Å². The van der Waals surface area contributed by atoms with Crippen molar-refractivity contribution < 1.29 is 5.11 Å². The molecule has 0 aliphatic heterocycles. The second-order valence-corrected chi connectivity index (χ2v) is 4.82. The first kappa shape index (κ1) is 13.4. The Labute approximate surface area is 119 Å². The lowest BCUT2D eigenvalue weighted by molar-refractivity contribution is 0.282. The first-order valence-corrected chi connectivity index (χ1v) is 6.17. The van der Waals surface area contributed by atoms with Crippen LogP contribution in [0.2, 0.25) is 15.1 Å². The smallest absolute Gasteiger partial charge is 0.0785 e. The molecule has 0 amide bonds. The third kappa shape index (κ3) is 2.40. The second kappa shape index (κ2) is 5.33. The zero-order chi connectivity index (χ0) is 13.3. The van der Waals surface area contributed by atoms with Gasteiger partial charge in [0.05, 0.1) is 39.3 Å². The number of aliphatic hydroxyl groups excluding tert-OH is 1. The summed E-state index contributed by atoms with van der Waals surface area (Å²) in [6, 6.07) is 4.97. The molecule has 0 bridgehead atoms. The van der Waals surface area contributed by atoms with Crippen LogP contribution in [-0.4, -0.2) is 10.1 Å². The third-order valence-corrected chi connectivity index (χ3v) is 3.74. The number of rotatable bonds is 2. The Hall–Kier alpha value is -1.00. The largest absolute Gasteiger partial charge is 0.397 e. The quantitative estimate of drug-likeness (QED) is 0.830. The Balaban J connectivity index is 2.66. The van der Waals surface area contributed by atoms with Gasteiger partial charge in [0.1, 0.15) is 0 Å². The molecule has 6 heteroatoms. The summed E-state index contributed by atoms with van der Waals surface area (Å²) in [5.74, 6) is 0. The van der Waals surface area contributed by atoms with Crippen LogP contribution in [-0.2, 0) is 6.61 Å². The van der Waals surface area contributed by atoms with E-state index in [1.807, 2.05) is 0 Å². The molecule has 0 aliphatic rings. The van der Waals surface area contributed by atoms with Crippen molar-refractivity contribution in [1.82, 2.24) is 4.98 Å². The van der Waals surface area contributed by atoms with Crippen molar-refractivity contribution >= 4 is 40.5 Å². The van der Waals surface area contributed by atoms with Gasteiger partial charge in [-0.25, -0.2) is 0 Å². The predicted octanol–water partition coefficient (Wildman–Crippen LogP) is 3.78. The number of hydrogen-bond acceptors (Lipinski definition) is 3. The van der Waals surface area contributed by atoms with Gasteiger partial charge in [-0.2, -0.15) is 0 Å². The number of nitrogens with zero attached hydrogens (tertiary/aromatic N) is 1. The molecule has 0 saturated carbocycles. The summed E-state index contributed by atoms with van der Waals surface area (Å²) in [5.41, 5.74) is 7.81. The Kier molecular flexibility index (Phi) is 3.97. The zero-order valence-electron chi connectivity index (χ0n) is 9.12. The summed E-state index contributed by atoms with van der Waals surface area (Å²) in [5, 5.41) is 10.3. The monoisotopic (exact) mass is 302 g/mol. The molecule has 3 N–H and O–H groups in total. The maximum absolute atomic E-state index is 9.32. The van der Waals surface area contributed by atoms with Crippen LogP contribution in [0.1, 0.15) is 5.56 Å². The van der Waals surface area contributed by atoms with E-state index in [1.54, 1.807) is 18.2 Å². The highest BCUT2D eigenvalue weighted by molar-refractivity contribution is 6.49. The third-order valence-electron chi connectivity index (χ3n) is 2.45. The second-order valence-electron chi connectivity index (χ2n) is 3.66. The Morgan fingerprint density at radius 2 is 1.89 bits per heavy atom. The van der Waals surface area contributed by atoms with Gasteiger partial charge in [-0.3, -0.25) is 4.98 Å². The molecule has 1 aromatic heterocycles. The van der Waals surface area contributed by atoms with Crippen molar-refractivity contribution in [3.63, 3.8) is 0 Å². The van der Waals surface area contributed by atoms with Gasteiger partial charge in [-0.1, -0.05) is 34.8 Å². The first-order chi connectivity index (χ1) is 8.54. The number of nitrogen functional groups attached to an aromatic ring is 1. The van der Waals surface area contributed by atoms with Crippen LogP contribution in [0.25, 0.3) is 11.3 Å². The van der Waals surface area contributed by atoms with E-state index < -0.39 is 0 Å². The van der Waals surface area contributed by atoms with Crippen LogP contribution in [0, 0.1) is 0 Å². The van der Waals surface area contributed by atoms with Crippen molar-refractivity contribution in [2.24, 2.45) is 0 Å². The number of pyridine rings is 1. The van der Waals surface area contributed by atoms with E-state index in [4.69, 9.17) is 40.5 Å². The summed E-state index contributed by atoms with van der Waals surface area (Å²) >= 11 is 18.0. The average Bonchev–Trinajstić information content (AvgIpc) is 2.37. The molecule has 0 radical (unpaired) electrons. The maximum Gasteiger partial charge on any atom is 0.0785 e. The minimum atomic E-state index is -0.191. The Morgan fingerprint density at radius 1 is 1.17 bits per heavy atom. The molecule has 3 nitrogen and oxygen atoms in total. The minimum absolute atomic E-state index is 0.191. The van der Waals surface area contributed by atoms with Crippen molar-refractivity contribution in [1.29, 1.82) is 0 Å². The summed E-state index contributed by atoms with van der Waals surface area (Å²) in [6.07, 6.45) is 1.49. The average molecular weight is 304 g/mol. The fourth-order valence-electron chi connectivity index (χ4n) is 1.60. The lowest BCUT2D eigenvalue weighted by Gasteiger charge is -2.10. The van der Waals surface area contributed by atoms with Gasteiger partial charge in [0.15, 0.2) is 0 Å². The number of benzene rings is 1. The fraction of sp³-hybridized carbons (Fsp3) is 0.0833. The highest BCUT2D eigenvalue weighted by Gasteiger charge is 2.14. The SMILES string of the molecule is Nc1cnc(-c2ccc(Cl)c(Cl)c2Cl)c(CO)c1. The van der Waals surface area contributed by atoms with Gasteiger partial charge in [-0.05, 0) is 18.2 Å². The highest BCUT2D eigenvalue weighted by atomic mass is 35.5. The molecular weight excluding hydrogens is 295 g/mol. The summed E-state index contributed by atoms with van der Waals surface area (Å²) in [6.45, 7) is -0.191. The molecule has 2 aromatic rings. The number of aromatic nitrogens is 1. The van der Waals surface area contributed by atoms with E-state index in [2.05, 4.69) is 4.98 Å². The molecule has 0 unspecified atom stereocenters. The number of halogens is 3. The molecule has 0 aliphatic carbocycles. The normalized spacial score (nSPS) is 10.7. The lowest BCUT2D eigenvalue weighted by atomic mass is 10.1. The Bertz CT molecular complexity index is 602. The van der Waals surface area contributed by atoms with Gasteiger partial charge in [0, 0.05) is 11.1 Å². The fourth-order valence-corrected chi connectivity index (χ4v) is 2.23. The number of nitrogens with two attached hydrogens (primary N) is 1. The zero-order valence-corrected chi connectivity index (χ0v) is 11.4. The first-order valence-electron chi connectivity index (χ1n) is 5.03. The van der Waals surface area contributed by atoms with E-state index in [1.165, 1.54) is 6.20 Å². The van der Waals surface area contributed by atoms with Gasteiger partial charge in [-0.15, -0.1) is 0 Å². The van der Waals surface area contributed by atoms with Crippen LogP contribution in [0.4, 0.5) is 5.69 Å². The lowest BCUT2D eigenvalue weighted by Crippen LogP contribution is -1.97. The van der Waals surface area contributed by atoms with Crippen molar-refractivity contribution in [3.05, 3.63) is 45.0 Å². The van der Waals surface area contributed by atoms with Crippen molar-refractivity contribution in [2.45, 2.75) is 6.61 Å². The molecule has 1 heterocycles. The van der Waals surface area contributed by atoms with Gasteiger partial charge >= 0.3 is 0 Å². The predicted molar refractivity (Wildman–Crippen MR) is 75.0 cm³/mol. The van der Waals surface area contributed by atoms with Gasteiger partial charge in [0.25, 0.3) is 0 Å². The van der Waals surface area contributed by atoms with E-state index in [9.17, 15) is 5.11 Å². The van der Waals surface area contributed by atoms with Crippen molar-refractivity contribution in [2.75, 3.05) is 5.73 Å². The van der Waals surface area contributed by atoms with Gasteiger partial charge in [0.2, 0.25) is 0 Å². The minimum Gasteiger partial charge on any atom is -0.397 e. The van der Waals surface area contributed by atoms with Gasteiger partial charge < -0.3 is 10.8 Å². The van der Waals surface area contributed by atoms with Crippen LogP contribution >= 0.6 is 34.8 Å². The maximum atomic E-state index is 9.32. The van der Waals surface area contributed by atoms with Crippen molar-refractivity contribution in [3.8, 4) is 11.3 Å². The molecule has 0 fully saturated rings. The Morgan fingerprint density at radius 3 is 2.56 bits per heavy atom. The number of aliphatic hydroxyl groups is 1. The van der Waals surface area contributed by atoms with E-state index in [0.29, 0.717) is 32.6 Å². The van der Waals surface area contributed by atoms with Crippen LogP contribution in [0.5, 0.6) is 0 Å². The van der Waals surface area contributed by atoms with Crippen LogP contribution in [0.15, 0.2) is 24.4 Å². The van der Waals surface area contributed by atoms with E-state index >= 15 is 0 Å². The molecule has 2 rings (SSSR count). The number of anilines is 1. The molecule has 18 heavy (non-hydrogen) atoms. The van der Waals surface area contributed by atoms with Crippen LogP contribution < -0.4 is 5.73 Å². The van der Waals surface area contributed by atoms with E-state index in [0.717, 1.165) is 0 Å². The molecule has 94 valence electrons. The summed E-state index contributed by atoms with van der Waals surface area (Å²) < 4.78 is 0. The molecule has 0 atom stereocenters. The van der Waals surface area contributed by atoms with Crippen LogP contribution in [0.3, 0.4) is 0 Å². The molecule has 0 spiro atoms. The number of hydrogen-bond donors (Lipinski definition) is 2. The molecule has 1 aromatic carbocycles. The topological polar surface area (TPSA) is 59.1 Å². The summed E-state index contributed by atoms with van der Waals surface area (Å²) in [4.78, 5) is 4.18. The molecule has 0 saturated heterocycles.